The van der Waals surface area contributed by atoms with E-state index in [4.69, 9.17) is 9.47 Å². The molecule has 0 saturated heterocycles. The first-order valence-electron chi connectivity index (χ1n) is 4.34. The molecule has 4 heteroatoms. The summed E-state index contributed by atoms with van der Waals surface area (Å²) in [6.07, 6.45) is 5.42. The van der Waals surface area contributed by atoms with Crippen LogP contribution in [0, 0.1) is 0 Å². The predicted octanol–water partition coefficient (Wildman–Crippen LogP) is 1.30. The Labute approximate surface area is 79.1 Å². The summed E-state index contributed by atoms with van der Waals surface area (Å²) in [5.74, 6) is 0. The Kier molecular flexibility index (Phi) is 3.19. The van der Waals surface area contributed by atoms with Crippen molar-refractivity contribution in [2.45, 2.75) is 26.4 Å². The van der Waals surface area contributed by atoms with Gasteiger partial charge in [0.2, 0.25) is 6.23 Å². The van der Waals surface area contributed by atoms with E-state index in [2.05, 4.69) is 4.99 Å². The highest BCUT2D eigenvalue weighted by atomic mass is 16.7. The highest BCUT2D eigenvalue weighted by Crippen LogP contribution is 2.15. The first-order valence-corrected chi connectivity index (χ1v) is 4.34. The minimum atomic E-state index is -0.188. The fourth-order valence-electron chi connectivity index (χ4n) is 1.08. The lowest BCUT2D eigenvalue weighted by Crippen LogP contribution is -2.46. The lowest BCUT2D eigenvalue weighted by atomic mass is 10.5. The van der Waals surface area contributed by atoms with Gasteiger partial charge in [0.1, 0.15) is 6.20 Å². The molecule has 0 aromatic carbocycles. The van der Waals surface area contributed by atoms with Crippen LogP contribution >= 0.6 is 0 Å². The van der Waals surface area contributed by atoms with Gasteiger partial charge in [0.15, 0.2) is 12.6 Å². The zero-order valence-corrected chi connectivity index (χ0v) is 8.60. The minimum Gasteiger partial charge on any atom is -0.356 e. The first-order chi connectivity index (χ1) is 6.08. The summed E-state index contributed by atoms with van der Waals surface area (Å²) in [6, 6.07) is 0. The summed E-state index contributed by atoms with van der Waals surface area (Å²) in [7, 11) is 3.66. The van der Waals surface area contributed by atoms with Crippen LogP contribution in [0.25, 0.3) is 0 Å². The van der Waals surface area contributed by atoms with Crippen LogP contribution in [-0.4, -0.2) is 37.5 Å². The van der Waals surface area contributed by atoms with Crippen LogP contribution in [0.1, 0.15) is 13.8 Å². The van der Waals surface area contributed by atoms with Gasteiger partial charge in [0.05, 0.1) is 13.2 Å². The van der Waals surface area contributed by atoms with Crippen molar-refractivity contribution >= 4 is 6.34 Å². The molecule has 1 rings (SSSR count). The quantitative estimate of drug-likeness (QED) is 0.488. The second-order valence-corrected chi connectivity index (χ2v) is 3.32. The van der Waals surface area contributed by atoms with Crippen molar-refractivity contribution in [2.24, 2.45) is 4.99 Å². The fraction of sp³-hybridized carbons (Fsp3) is 0.667. The number of hydrogen-bond acceptors (Lipinski definition) is 3. The number of quaternary nitrogens is 1. The summed E-state index contributed by atoms with van der Waals surface area (Å²) in [5.41, 5.74) is 0. The summed E-state index contributed by atoms with van der Waals surface area (Å²) in [4.78, 5) is 4.04. The Hall–Kier alpha value is -0.710. The van der Waals surface area contributed by atoms with Gasteiger partial charge in [0, 0.05) is 14.0 Å². The van der Waals surface area contributed by atoms with Crippen LogP contribution in [0.3, 0.4) is 0 Å². The van der Waals surface area contributed by atoms with Crippen molar-refractivity contribution in [1.82, 2.24) is 0 Å². The van der Waals surface area contributed by atoms with Gasteiger partial charge in [-0.2, -0.15) is 0 Å². The van der Waals surface area contributed by atoms with Crippen LogP contribution in [-0.2, 0) is 9.47 Å². The maximum absolute atomic E-state index is 5.59. The average molecular weight is 185 g/mol. The zero-order valence-electron chi connectivity index (χ0n) is 8.60. The molecule has 0 aliphatic carbocycles. The summed E-state index contributed by atoms with van der Waals surface area (Å²) in [6.45, 7) is 3.87. The molecule has 0 bridgehead atoms. The number of hydrogen-bond donors (Lipinski definition) is 0. The van der Waals surface area contributed by atoms with Gasteiger partial charge in [-0.25, -0.2) is 9.48 Å². The van der Waals surface area contributed by atoms with Crippen molar-refractivity contribution in [3.05, 3.63) is 12.4 Å². The van der Waals surface area contributed by atoms with Crippen molar-refractivity contribution in [2.75, 3.05) is 14.2 Å². The molecule has 0 fully saturated rings. The van der Waals surface area contributed by atoms with E-state index in [0.29, 0.717) is 4.48 Å². The van der Waals surface area contributed by atoms with Crippen LogP contribution in [0.4, 0.5) is 0 Å². The van der Waals surface area contributed by atoms with E-state index in [9.17, 15) is 0 Å². The number of aliphatic imine (C=N–C) groups is 1. The van der Waals surface area contributed by atoms with Gasteiger partial charge in [-0.05, 0) is 6.92 Å². The molecule has 3 atom stereocenters. The zero-order chi connectivity index (χ0) is 9.90. The molecule has 0 aromatic rings. The fourth-order valence-corrected chi connectivity index (χ4v) is 1.08. The Morgan fingerprint density at radius 3 is 2.54 bits per heavy atom. The maximum Gasteiger partial charge on any atom is 0.202 e. The standard InChI is InChI=1S/C9H17N2O2/c1-8(13-9(2)12-4)11(3)6-5-10-7-11/h5-9H,1-4H3/q+1. The van der Waals surface area contributed by atoms with Crippen molar-refractivity contribution in [3.8, 4) is 0 Å². The van der Waals surface area contributed by atoms with E-state index in [1.807, 2.05) is 33.4 Å². The topological polar surface area (TPSA) is 30.8 Å². The summed E-state index contributed by atoms with van der Waals surface area (Å²) in [5, 5.41) is 0. The van der Waals surface area contributed by atoms with Crippen LogP contribution in [0.15, 0.2) is 17.4 Å². The highest BCUT2D eigenvalue weighted by Gasteiger charge is 2.29. The Morgan fingerprint density at radius 1 is 1.38 bits per heavy atom. The molecule has 3 unspecified atom stereocenters. The maximum atomic E-state index is 5.59. The van der Waals surface area contributed by atoms with Gasteiger partial charge in [-0.1, -0.05) is 0 Å². The van der Waals surface area contributed by atoms with Crippen LogP contribution < -0.4 is 0 Å². The van der Waals surface area contributed by atoms with Gasteiger partial charge >= 0.3 is 0 Å². The molecule has 0 saturated carbocycles. The second kappa shape index (κ2) is 4.00. The largest absolute Gasteiger partial charge is 0.356 e. The molecule has 1 heterocycles. The van der Waals surface area contributed by atoms with Crippen LogP contribution in [0.2, 0.25) is 0 Å². The van der Waals surface area contributed by atoms with E-state index < -0.39 is 0 Å². The van der Waals surface area contributed by atoms with Gasteiger partial charge in [0.25, 0.3) is 0 Å². The third-order valence-electron chi connectivity index (χ3n) is 2.29. The molecule has 1 aliphatic heterocycles. The average Bonchev–Trinajstić information content (AvgIpc) is 2.53. The molecule has 13 heavy (non-hydrogen) atoms. The number of methoxy groups -OCH3 is 1. The van der Waals surface area contributed by atoms with Crippen molar-refractivity contribution in [1.29, 1.82) is 0 Å². The van der Waals surface area contributed by atoms with E-state index in [-0.39, 0.29) is 12.5 Å². The molecular weight excluding hydrogens is 168 g/mol. The van der Waals surface area contributed by atoms with E-state index in [0.717, 1.165) is 0 Å². The lowest BCUT2D eigenvalue weighted by Gasteiger charge is -2.30. The number of ether oxygens (including phenoxy) is 2. The Bertz CT molecular complexity index is 214. The van der Waals surface area contributed by atoms with Crippen LogP contribution in [0.5, 0.6) is 0 Å². The highest BCUT2D eigenvalue weighted by molar-refractivity contribution is 5.50. The van der Waals surface area contributed by atoms with Gasteiger partial charge in [-0.15, -0.1) is 0 Å². The monoisotopic (exact) mass is 185 g/mol. The summed E-state index contributed by atoms with van der Waals surface area (Å²) < 4.78 is 11.2. The number of rotatable bonds is 4. The smallest absolute Gasteiger partial charge is 0.202 e. The van der Waals surface area contributed by atoms with E-state index >= 15 is 0 Å². The third kappa shape index (κ3) is 2.37. The molecule has 0 amide bonds. The molecule has 0 radical (unpaired) electrons. The van der Waals surface area contributed by atoms with Crippen molar-refractivity contribution in [3.63, 3.8) is 0 Å². The Morgan fingerprint density at radius 2 is 2.08 bits per heavy atom. The summed E-state index contributed by atoms with van der Waals surface area (Å²) >= 11 is 0. The first kappa shape index (κ1) is 10.4. The second-order valence-electron chi connectivity index (χ2n) is 3.32. The molecular formula is C9H17N2O2+. The van der Waals surface area contributed by atoms with E-state index in [1.165, 1.54) is 0 Å². The molecule has 74 valence electrons. The molecule has 0 spiro atoms. The number of nitrogens with zero attached hydrogens (tertiary/aromatic N) is 2. The molecule has 4 nitrogen and oxygen atoms in total. The van der Waals surface area contributed by atoms with Crippen molar-refractivity contribution < 1.29 is 14.0 Å². The molecule has 1 aliphatic rings. The molecule has 0 N–H and O–H groups in total. The lowest BCUT2D eigenvalue weighted by molar-refractivity contribution is -0.816. The SMILES string of the molecule is COC(C)OC(C)[N+]1(C)C=CN=C1. The van der Waals surface area contributed by atoms with Gasteiger partial charge < -0.3 is 4.74 Å². The van der Waals surface area contributed by atoms with Gasteiger partial charge in [-0.3, -0.25) is 4.74 Å². The molecule has 0 aromatic heterocycles. The minimum absolute atomic E-state index is 0.0115. The third-order valence-corrected chi connectivity index (χ3v) is 2.29. The Balaban J connectivity index is 2.52. The predicted molar refractivity (Wildman–Crippen MR) is 50.8 cm³/mol. The van der Waals surface area contributed by atoms with E-state index in [1.54, 1.807) is 13.3 Å². The normalized spacial score (nSPS) is 30.8.